The summed E-state index contributed by atoms with van der Waals surface area (Å²) in [6.45, 7) is 0.755. The van der Waals surface area contributed by atoms with Gasteiger partial charge in [-0.05, 0) is 6.42 Å². The number of aliphatic hydroxyl groups is 1. The van der Waals surface area contributed by atoms with E-state index in [1.54, 1.807) is 11.9 Å². The number of nitrogens with one attached hydrogen (secondary N) is 1. The molecule has 1 atom stereocenters. The van der Waals surface area contributed by atoms with E-state index in [0.717, 1.165) is 18.7 Å². The largest absolute Gasteiger partial charge is 0.392 e. The Morgan fingerprint density at radius 3 is 2.86 bits per heavy atom. The van der Waals surface area contributed by atoms with Crippen LogP contribution in [-0.4, -0.2) is 23.5 Å². The van der Waals surface area contributed by atoms with Crippen LogP contribution in [0.5, 0.6) is 0 Å². The number of rotatable bonds is 0. The van der Waals surface area contributed by atoms with Crippen LogP contribution in [0.3, 0.4) is 0 Å². The van der Waals surface area contributed by atoms with Crippen molar-refractivity contribution < 1.29 is 5.11 Å². The van der Waals surface area contributed by atoms with Crippen molar-refractivity contribution in [1.82, 2.24) is 4.72 Å². The highest BCUT2D eigenvalue weighted by Gasteiger charge is 2.07. The Kier molecular flexibility index (Phi) is 1.97. The minimum Gasteiger partial charge on any atom is -0.392 e. The van der Waals surface area contributed by atoms with Crippen molar-refractivity contribution in [1.29, 1.82) is 0 Å². The zero-order chi connectivity index (χ0) is 5.11. The van der Waals surface area contributed by atoms with Crippen LogP contribution in [0.1, 0.15) is 6.42 Å². The van der Waals surface area contributed by atoms with Gasteiger partial charge in [-0.15, -0.1) is 0 Å². The highest BCUT2D eigenvalue weighted by atomic mass is 32.2. The Hall–Kier alpha value is 0.270. The molecule has 1 heterocycles. The van der Waals surface area contributed by atoms with Gasteiger partial charge in [0.2, 0.25) is 0 Å². The monoisotopic (exact) mass is 119 g/mol. The first kappa shape index (κ1) is 5.41. The number of hydrogen-bond donors (Lipinski definition) is 2. The molecule has 1 aliphatic heterocycles. The van der Waals surface area contributed by atoms with Crippen LogP contribution in [0.4, 0.5) is 0 Å². The van der Waals surface area contributed by atoms with Gasteiger partial charge in [-0.3, -0.25) is 4.72 Å². The van der Waals surface area contributed by atoms with Gasteiger partial charge in [0.05, 0.1) is 6.10 Å². The average Bonchev–Trinajstić information content (AvgIpc) is 1.69. The van der Waals surface area contributed by atoms with Gasteiger partial charge >= 0.3 is 0 Å². The van der Waals surface area contributed by atoms with E-state index in [9.17, 15) is 0 Å². The maximum absolute atomic E-state index is 8.83. The highest BCUT2D eigenvalue weighted by molar-refractivity contribution is 7.97. The second kappa shape index (κ2) is 2.55. The van der Waals surface area contributed by atoms with E-state index in [-0.39, 0.29) is 6.10 Å². The minimum atomic E-state index is -0.0961. The van der Waals surface area contributed by atoms with Crippen LogP contribution in [0.2, 0.25) is 0 Å². The second-order valence-corrected chi connectivity index (χ2v) is 2.63. The van der Waals surface area contributed by atoms with E-state index >= 15 is 0 Å². The van der Waals surface area contributed by atoms with E-state index < -0.39 is 0 Å². The Morgan fingerprint density at radius 1 is 1.71 bits per heavy atom. The van der Waals surface area contributed by atoms with Crippen LogP contribution >= 0.6 is 11.9 Å². The summed E-state index contributed by atoms with van der Waals surface area (Å²) in [7, 11) is 0. The smallest absolute Gasteiger partial charge is 0.0682 e. The van der Waals surface area contributed by atoms with Crippen molar-refractivity contribution in [3.05, 3.63) is 0 Å². The minimum absolute atomic E-state index is 0.0961. The van der Waals surface area contributed by atoms with Gasteiger partial charge in [-0.25, -0.2) is 0 Å². The molecule has 1 saturated heterocycles. The van der Waals surface area contributed by atoms with Crippen molar-refractivity contribution in [2.45, 2.75) is 12.5 Å². The second-order valence-electron chi connectivity index (χ2n) is 1.64. The van der Waals surface area contributed by atoms with E-state index in [1.165, 1.54) is 0 Å². The molecule has 0 saturated carbocycles. The normalized spacial score (nSPS) is 33.0. The molecule has 0 aromatic rings. The zero-order valence-corrected chi connectivity index (χ0v) is 4.87. The lowest BCUT2D eigenvalue weighted by molar-refractivity contribution is 0.173. The van der Waals surface area contributed by atoms with E-state index in [2.05, 4.69) is 4.72 Å². The summed E-state index contributed by atoms with van der Waals surface area (Å²) in [5.74, 6) is 1.04. The molecule has 1 rings (SSSR count). The van der Waals surface area contributed by atoms with Gasteiger partial charge in [0.1, 0.15) is 0 Å². The maximum Gasteiger partial charge on any atom is 0.0682 e. The first-order chi connectivity index (χ1) is 3.39. The van der Waals surface area contributed by atoms with Crippen molar-refractivity contribution in [3.8, 4) is 0 Å². The van der Waals surface area contributed by atoms with Crippen LogP contribution in [0.25, 0.3) is 0 Å². The quantitative estimate of drug-likeness (QED) is 0.440. The fourth-order valence-corrected chi connectivity index (χ4v) is 1.37. The van der Waals surface area contributed by atoms with Gasteiger partial charge in [0.25, 0.3) is 0 Å². The zero-order valence-electron chi connectivity index (χ0n) is 4.05. The molecule has 2 N–H and O–H groups in total. The summed E-state index contributed by atoms with van der Waals surface area (Å²) in [5.41, 5.74) is 0. The van der Waals surface area contributed by atoms with E-state index in [0.29, 0.717) is 0 Å². The third-order valence-electron chi connectivity index (χ3n) is 0.974. The first-order valence-electron chi connectivity index (χ1n) is 2.42. The Labute approximate surface area is 47.4 Å². The van der Waals surface area contributed by atoms with Gasteiger partial charge in [0.15, 0.2) is 0 Å². The van der Waals surface area contributed by atoms with E-state index in [1.807, 2.05) is 0 Å². The summed E-state index contributed by atoms with van der Waals surface area (Å²) in [6, 6.07) is 0. The summed E-state index contributed by atoms with van der Waals surface area (Å²) in [4.78, 5) is 0. The van der Waals surface area contributed by atoms with Crippen molar-refractivity contribution >= 4 is 11.9 Å². The fourth-order valence-electron chi connectivity index (χ4n) is 0.524. The lowest BCUT2D eigenvalue weighted by Crippen LogP contribution is -2.27. The predicted octanol–water partition coefficient (Wildman–Crippen LogP) is -0.0112. The van der Waals surface area contributed by atoms with Gasteiger partial charge in [0, 0.05) is 12.3 Å². The van der Waals surface area contributed by atoms with Crippen LogP contribution in [-0.2, 0) is 0 Å². The molecule has 0 radical (unpaired) electrons. The van der Waals surface area contributed by atoms with Crippen molar-refractivity contribution in [2.75, 3.05) is 12.3 Å². The lowest BCUT2D eigenvalue weighted by Gasteiger charge is -2.15. The SMILES string of the molecule is OC1CCSNC1. The summed E-state index contributed by atoms with van der Waals surface area (Å²) < 4.78 is 3.00. The standard InChI is InChI=1S/C4H9NOS/c6-4-1-2-7-5-3-4/h4-6H,1-3H2. The van der Waals surface area contributed by atoms with Crippen LogP contribution < -0.4 is 4.72 Å². The van der Waals surface area contributed by atoms with Crippen molar-refractivity contribution in [3.63, 3.8) is 0 Å². The maximum atomic E-state index is 8.83. The summed E-state index contributed by atoms with van der Waals surface area (Å²) >= 11 is 1.69. The molecule has 0 spiro atoms. The van der Waals surface area contributed by atoms with Gasteiger partial charge < -0.3 is 5.11 Å². The third-order valence-corrected chi connectivity index (χ3v) is 1.78. The molecule has 1 fully saturated rings. The van der Waals surface area contributed by atoms with Crippen molar-refractivity contribution in [2.24, 2.45) is 0 Å². The summed E-state index contributed by atoms with van der Waals surface area (Å²) in [5, 5.41) is 8.83. The molecule has 2 nitrogen and oxygen atoms in total. The fraction of sp³-hybridized carbons (Fsp3) is 1.00. The molecule has 7 heavy (non-hydrogen) atoms. The third kappa shape index (κ3) is 1.67. The molecular formula is C4H9NOS. The molecule has 0 bridgehead atoms. The molecule has 0 amide bonds. The van der Waals surface area contributed by atoms with Crippen LogP contribution in [0.15, 0.2) is 0 Å². The van der Waals surface area contributed by atoms with Crippen LogP contribution in [0, 0.1) is 0 Å². The predicted molar refractivity (Wildman–Crippen MR) is 31.1 cm³/mol. The molecule has 42 valence electrons. The molecule has 0 aromatic heterocycles. The molecular weight excluding hydrogens is 110 g/mol. The lowest BCUT2D eigenvalue weighted by atomic mass is 10.3. The highest BCUT2D eigenvalue weighted by Crippen LogP contribution is 2.06. The Balaban J connectivity index is 2.12. The van der Waals surface area contributed by atoms with Gasteiger partial charge in [-0.1, -0.05) is 11.9 Å². The topological polar surface area (TPSA) is 32.3 Å². The molecule has 0 aromatic carbocycles. The molecule has 3 heteroatoms. The number of hydrogen-bond acceptors (Lipinski definition) is 3. The average molecular weight is 119 g/mol. The first-order valence-corrected chi connectivity index (χ1v) is 3.41. The molecule has 1 unspecified atom stereocenters. The number of β-amino-alcohol motifs (C(OH)–C–C–N with tert-alkyl or cyclic N) is 1. The Morgan fingerprint density at radius 2 is 2.57 bits per heavy atom. The number of aliphatic hydroxyl groups excluding tert-OH is 1. The molecule has 1 aliphatic rings. The van der Waals surface area contributed by atoms with E-state index in [4.69, 9.17) is 5.11 Å². The Bertz CT molecular complexity index is 53.7. The summed E-state index contributed by atoms with van der Waals surface area (Å²) in [6.07, 6.45) is 0.846. The van der Waals surface area contributed by atoms with Gasteiger partial charge in [-0.2, -0.15) is 0 Å². The molecule has 0 aliphatic carbocycles.